The third-order valence-electron chi connectivity index (χ3n) is 2.50. The van der Waals surface area contributed by atoms with Gasteiger partial charge in [0.1, 0.15) is 0 Å². The molecule has 1 unspecified atom stereocenters. The van der Waals surface area contributed by atoms with Crippen molar-refractivity contribution < 1.29 is 4.79 Å². The van der Waals surface area contributed by atoms with Crippen molar-refractivity contribution in [1.29, 1.82) is 0 Å². The lowest BCUT2D eigenvalue weighted by Gasteiger charge is -2.23. The van der Waals surface area contributed by atoms with E-state index in [-0.39, 0.29) is 11.9 Å². The van der Waals surface area contributed by atoms with Crippen molar-refractivity contribution >= 4 is 17.5 Å². The SMILES string of the molecule is O=C1CCCC(c2ccc(Cl)cc2)N1. The summed E-state index contributed by atoms with van der Waals surface area (Å²) in [5.41, 5.74) is 1.14. The number of hydrogen-bond donors (Lipinski definition) is 1. The molecule has 1 amide bonds. The Morgan fingerprint density at radius 1 is 1.29 bits per heavy atom. The van der Waals surface area contributed by atoms with E-state index in [1.54, 1.807) is 0 Å². The largest absolute Gasteiger partial charge is 0.349 e. The minimum Gasteiger partial charge on any atom is -0.349 e. The molecule has 1 heterocycles. The average molecular weight is 210 g/mol. The highest BCUT2D eigenvalue weighted by Gasteiger charge is 2.19. The summed E-state index contributed by atoms with van der Waals surface area (Å²) in [4.78, 5) is 11.2. The van der Waals surface area contributed by atoms with E-state index in [1.165, 1.54) is 0 Å². The third-order valence-corrected chi connectivity index (χ3v) is 2.76. The molecule has 3 heteroatoms. The Bertz CT molecular complexity index is 334. The summed E-state index contributed by atoms with van der Waals surface area (Å²) in [6.45, 7) is 0. The van der Waals surface area contributed by atoms with Gasteiger partial charge < -0.3 is 5.32 Å². The van der Waals surface area contributed by atoms with E-state index in [9.17, 15) is 4.79 Å². The van der Waals surface area contributed by atoms with E-state index in [0.29, 0.717) is 6.42 Å². The van der Waals surface area contributed by atoms with Crippen molar-refractivity contribution in [3.05, 3.63) is 34.9 Å². The second-order valence-electron chi connectivity index (χ2n) is 3.56. The Balaban J connectivity index is 2.14. The molecule has 1 aliphatic heterocycles. The molecule has 2 rings (SSSR count). The molecule has 1 aliphatic rings. The van der Waals surface area contributed by atoms with E-state index in [4.69, 9.17) is 11.6 Å². The Morgan fingerprint density at radius 3 is 2.64 bits per heavy atom. The molecule has 1 fully saturated rings. The number of piperidine rings is 1. The predicted octanol–water partition coefficient (Wildman–Crippen LogP) is 2.68. The number of carbonyl (C=O) groups is 1. The number of rotatable bonds is 1. The van der Waals surface area contributed by atoms with Crippen LogP contribution in [0.1, 0.15) is 30.9 Å². The number of halogens is 1. The summed E-state index contributed by atoms with van der Waals surface area (Å²) in [6.07, 6.45) is 2.65. The van der Waals surface area contributed by atoms with Crippen LogP contribution in [-0.2, 0) is 4.79 Å². The summed E-state index contributed by atoms with van der Waals surface area (Å²) in [5, 5.41) is 3.70. The molecular formula is C11H12ClNO. The zero-order chi connectivity index (χ0) is 9.97. The fraction of sp³-hybridized carbons (Fsp3) is 0.364. The van der Waals surface area contributed by atoms with Crippen molar-refractivity contribution in [2.75, 3.05) is 0 Å². The number of amides is 1. The molecule has 0 bridgehead atoms. The zero-order valence-electron chi connectivity index (χ0n) is 7.79. The molecule has 74 valence electrons. The molecule has 2 nitrogen and oxygen atoms in total. The van der Waals surface area contributed by atoms with Gasteiger partial charge in [-0.1, -0.05) is 23.7 Å². The lowest BCUT2D eigenvalue weighted by Crippen LogP contribution is -2.32. The van der Waals surface area contributed by atoms with E-state index < -0.39 is 0 Å². The molecule has 0 spiro atoms. The Labute approximate surface area is 88.3 Å². The molecule has 1 aromatic rings. The van der Waals surface area contributed by atoms with Gasteiger partial charge in [-0.2, -0.15) is 0 Å². The van der Waals surface area contributed by atoms with Gasteiger partial charge in [0.05, 0.1) is 6.04 Å². The van der Waals surface area contributed by atoms with Crippen molar-refractivity contribution in [1.82, 2.24) is 5.32 Å². The van der Waals surface area contributed by atoms with E-state index >= 15 is 0 Å². The second kappa shape index (κ2) is 4.01. The molecule has 1 N–H and O–H groups in total. The van der Waals surface area contributed by atoms with Crippen LogP contribution in [0.4, 0.5) is 0 Å². The van der Waals surface area contributed by atoms with E-state index in [0.717, 1.165) is 23.4 Å². The monoisotopic (exact) mass is 209 g/mol. The van der Waals surface area contributed by atoms with Gasteiger partial charge in [0.25, 0.3) is 0 Å². The van der Waals surface area contributed by atoms with E-state index in [2.05, 4.69) is 5.32 Å². The smallest absolute Gasteiger partial charge is 0.220 e. The summed E-state index contributed by atoms with van der Waals surface area (Å²) in [5.74, 6) is 0.149. The first-order chi connectivity index (χ1) is 6.75. The number of hydrogen-bond acceptors (Lipinski definition) is 1. The van der Waals surface area contributed by atoms with Crippen molar-refractivity contribution in [3.8, 4) is 0 Å². The number of nitrogens with one attached hydrogen (secondary N) is 1. The van der Waals surface area contributed by atoms with Gasteiger partial charge in [-0.15, -0.1) is 0 Å². The molecule has 0 aliphatic carbocycles. The fourth-order valence-corrected chi connectivity index (χ4v) is 1.88. The first-order valence-electron chi connectivity index (χ1n) is 4.80. The Hall–Kier alpha value is -1.02. The predicted molar refractivity (Wildman–Crippen MR) is 56.2 cm³/mol. The van der Waals surface area contributed by atoms with Crippen LogP contribution in [0.2, 0.25) is 5.02 Å². The Kier molecular flexibility index (Phi) is 2.73. The van der Waals surface area contributed by atoms with Gasteiger partial charge in [-0.05, 0) is 30.5 Å². The first-order valence-corrected chi connectivity index (χ1v) is 5.18. The molecule has 0 radical (unpaired) electrons. The molecule has 1 aromatic carbocycles. The molecule has 0 saturated carbocycles. The Morgan fingerprint density at radius 2 is 2.00 bits per heavy atom. The normalized spacial score (nSPS) is 21.8. The van der Waals surface area contributed by atoms with Gasteiger partial charge in [0.2, 0.25) is 5.91 Å². The minimum absolute atomic E-state index is 0.149. The number of carbonyl (C=O) groups excluding carboxylic acids is 1. The van der Waals surface area contributed by atoms with Crippen LogP contribution in [0, 0.1) is 0 Å². The highest BCUT2D eigenvalue weighted by atomic mass is 35.5. The van der Waals surface area contributed by atoms with E-state index in [1.807, 2.05) is 24.3 Å². The van der Waals surface area contributed by atoms with Crippen LogP contribution in [-0.4, -0.2) is 5.91 Å². The molecule has 1 atom stereocenters. The van der Waals surface area contributed by atoms with Gasteiger partial charge >= 0.3 is 0 Å². The van der Waals surface area contributed by atoms with Crippen LogP contribution in [0.25, 0.3) is 0 Å². The van der Waals surface area contributed by atoms with Crippen molar-refractivity contribution in [2.24, 2.45) is 0 Å². The number of benzene rings is 1. The summed E-state index contributed by atoms with van der Waals surface area (Å²) in [6, 6.07) is 7.83. The highest BCUT2D eigenvalue weighted by Crippen LogP contribution is 2.24. The van der Waals surface area contributed by atoms with Crippen molar-refractivity contribution in [2.45, 2.75) is 25.3 Å². The highest BCUT2D eigenvalue weighted by molar-refractivity contribution is 6.30. The van der Waals surface area contributed by atoms with Crippen LogP contribution in [0.5, 0.6) is 0 Å². The summed E-state index contributed by atoms with van der Waals surface area (Å²) in [7, 11) is 0. The average Bonchev–Trinajstić information content (AvgIpc) is 2.19. The quantitative estimate of drug-likeness (QED) is 0.757. The van der Waals surface area contributed by atoms with Crippen LogP contribution in [0.3, 0.4) is 0 Å². The standard InChI is InChI=1S/C11H12ClNO/c12-9-6-4-8(5-7-9)10-2-1-3-11(14)13-10/h4-7,10H,1-3H2,(H,13,14). The third kappa shape index (κ3) is 2.07. The zero-order valence-corrected chi connectivity index (χ0v) is 8.55. The van der Waals surface area contributed by atoms with Gasteiger partial charge in [0, 0.05) is 11.4 Å². The summed E-state index contributed by atoms with van der Waals surface area (Å²) < 4.78 is 0. The fourth-order valence-electron chi connectivity index (χ4n) is 1.75. The maximum atomic E-state index is 11.2. The van der Waals surface area contributed by atoms with Gasteiger partial charge in [0.15, 0.2) is 0 Å². The molecular weight excluding hydrogens is 198 g/mol. The molecule has 0 aromatic heterocycles. The lowest BCUT2D eigenvalue weighted by atomic mass is 9.97. The second-order valence-corrected chi connectivity index (χ2v) is 4.00. The topological polar surface area (TPSA) is 29.1 Å². The first kappa shape index (κ1) is 9.53. The van der Waals surface area contributed by atoms with Crippen LogP contribution < -0.4 is 5.32 Å². The summed E-state index contributed by atoms with van der Waals surface area (Å²) >= 11 is 5.79. The van der Waals surface area contributed by atoms with Crippen LogP contribution in [0.15, 0.2) is 24.3 Å². The molecule has 1 saturated heterocycles. The van der Waals surface area contributed by atoms with Gasteiger partial charge in [-0.3, -0.25) is 4.79 Å². The maximum Gasteiger partial charge on any atom is 0.220 e. The van der Waals surface area contributed by atoms with Gasteiger partial charge in [-0.25, -0.2) is 0 Å². The minimum atomic E-state index is 0.149. The van der Waals surface area contributed by atoms with Crippen molar-refractivity contribution in [3.63, 3.8) is 0 Å². The lowest BCUT2D eigenvalue weighted by molar-refractivity contribution is -0.123. The van der Waals surface area contributed by atoms with Crippen LogP contribution >= 0.6 is 11.6 Å². The molecule has 14 heavy (non-hydrogen) atoms. The maximum absolute atomic E-state index is 11.2.